The van der Waals surface area contributed by atoms with Gasteiger partial charge in [0.15, 0.2) is 5.69 Å². The van der Waals surface area contributed by atoms with Crippen LogP contribution in [-0.4, -0.2) is 71.2 Å². The van der Waals surface area contributed by atoms with Crippen molar-refractivity contribution in [2.45, 2.75) is 19.1 Å². The number of alkyl halides is 3. The van der Waals surface area contributed by atoms with Crippen LogP contribution in [0.25, 0.3) is 5.69 Å². The van der Waals surface area contributed by atoms with Crippen molar-refractivity contribution in [2.24, 2.45) is 0 Å². The highest BCUT2D eigenvalue weighted by Gasteiger charge is 2.31. The number of amides is 1. The molecule has 0 saturated carbocycles. The number of rotatable bonds is 6. The van der Waals surface area contributed by atoms with Crippen molar-refractivity contribution >= 4 is 5.91 Å². The fourth-order valence-corrected chi connectivity index (χ4v) is 3.28. The minimum Gasteiger partial charge on any atom is -0.394 e. The van der Waals surface area contributed by atoms with Gasteiger partial charge in [0.05, 0.1) is 37.1 Å². The Labute approximate surface area is 176 Å². The number of carbonyl (C=O) groups excluding carboxylic acids is 1. The Morgan fingerprint density at radius 1 is 1.29 bits per heavy atom. The monoisotopic (exact) mass is 440 g/mol. The van der Waals surface area contributed by atoms with E-state index in [0.717, 1.165) is 22.9 Å². The number of aromatic nitrogens is 2. The second-order valence-corrected chi connectivity index (χ2v) is 7.22. The molecule has 1 saturated heterocycles. The molecule has 1 aromatic heterocycles. The summed E-state index contributed by atoms with van der Waals surface area (Å²) >= 11 is 0. The fourth-order valence-electron chi connectivity index (χ4n) is 3.28. The molecule has 2 heterocycles. The first-order valence-corrected chi connectivity index (χ1v) is 9.69. The molecule has 2 aromatic rings. The lowest BCUT2D eigenvalue weighted by Gasteiger charge is -2.30. The van der Waals surface area contributed by atoms with Gasteiger partial charge in [-0.1, -0.05) is 6.07 Å². The minimum atomic E-state index is -4.54. The molecular weight excluding hydrogens is 417 g/mol. The van der Waals surface area contributed by atoms with E-state index < -0.39 is 34.8 Å². The number of aliphatic hydroxyl groups excluding tert-OH is 1. The van der Waals surface area contributed by atoms with Crippen LogP contribution >= 0.6 is 0 Å². The van der Waals surface area contributed by atoms with Crippen molar-refractivity contribution in [1.82, 2.24) is 20.0 Å². The molecule has 2 N–H and O–H groups in total. The standard InChI is InChI=1S/C20H23F3N4O4/c1-13-9-17(29)18(19(30)24-15(12-28)11-26-5-7-31-8-6-26)25-27(13)16-4-2-3-14(10-16)20(21,22)23/h2-4,9-10,15,28H,5-8,11-12H2,1H3,(H,24,30). The maximum absolute atomic E-state index is 13.1. The van der Waals surface area contributed by atoms with Gasteiger partial charge in [0, 0.05) is 31.4 Å². The Morgan fingerprint density at radius 3 is 2.65 bits per heavy atom. The lowest BCUT2D eigenvalue weighted by molar-refractivity contribution is -0.137. The van der Waals surface area contributed by atoms with E-state index >= 15 is 0 Å². The smallest absolute Gasteiger partial charge is 0.394 e. The van der Waals surface area contributed by atoms with Crippen LogP contribution in [0, 0.1) is 6.92 Å². The molecule has 0 spiro atoms. The average Bonchev–Trinajstić information content (AvgIpc) is 2.73. The molecule has 0 bridgehead atoms. The molecule has 1 atom stereocenters. The maximum Gasteiger partial charge on any atom is 0.416 e. The van der Waals surface area contributed by atoms with Crippen LogP contribution in [0.1, 0.15) is 21.7 Å². The largest absolute Gasteiger partial charge is 0.416 e. The SMILES string of the molecule is Cc1cc(=O)c(C(=O)NC(CO)CN2CCOCC2)nn1-c1cccc(C(F)(F)F)c1. The summed E-state index contributed by atoms with van der Waals surface area (Å²) in [6, 6.07) is 4.93. The highest BCUT2D eigenvalue weighted by atomic mass is 19.4. The number of carbonyl (C=O) groups is 1. The van der Waals surface area contributed by atoms with Crippen LogP contribution in [-0.2, 0) is 10.9 Å². The number of hydrogen-bond acceptors (Lipinski definition) is 6. The Hall–Kier alpha value is -2.76. The molecule has 1 aliphatic rings. The van der Waals surface area contributed by atoms with Crippen LogP contribution in [0.15, 0.2) is 35.1 Å². The molecular formula is C20H23F3N4O4. The highest BCUT2D eigenvalue weighted by molar-refractivity contribution is 5.92. The summed E-state index contributed by atoms with van der Waals surface area (Å²) in [5.41, 5.74) is -1.67. The van der Waals surface area contributed by atoms with E-state index in [2.05, 4.69) is 10.4 Å². The van der Waals surface area contributed by atoms with Gasteiger partial charge in [-0.2, -0.15) is 18.3 Å². The Bertz CT molecular complexity index is 987. The van der Waals surface area contributed by atoms with Crippen molar-refractivity contribution in [1.29, 1.82) is 0 Å². The molecule has 1 amide bonds. The molecule has 1 unspecified atom stereocenters. The Kier molecular flexibility index (Phi) is 7.08. The van der Waals surface area contributed by atoms with Gasteiger partial charge in [0.2, 0.25) is 5.43 Å². The van der Waals surface area contributed by atoms with Crippen LogP contribution in [0.4, 0.5) is 13.2 Å². The van der Waals surface area contributed by atoms with E-state index in [-0.39, 0.29) is 18.0 Å². The predicted molar refractivity (Wildman–Crippen MR) is 105 cm³/mol. The quantitative estimate of drug-likeness (QED) is 0.696. The summed E-state index contributed by atoms with van der Waals surface area (Å²) in [6.07, 6.45) is -4.54. The van der Waals surface area contributed by atoms with Crippen LogP contribution < -0.4 is 10.7 Å². The number of hydrogen-bond donors (Lipinski definition) is 2. The van der Waals surface area contributed by atoms with Crippen LogP contribution in [0.3, 0.4) is 0 Å². The van der Waals surface area contributed by atoms with Gasteiger partial charge >= 0.3 is 6.18 Å². The number of morpholine rings is 1. The zero-order valence-electron chi connectivity index (χ0n) is 16.9. The fraction of sp³-hybridized carbons (Fsp3) is 0.450. The van der Waals surface area contributed by atoms with Crippen molar-refractivity contribution in [2.75, 3.05) is 39.5 Å². The first kappa shape index (κ1) is 22.9. The first-order chi connectivity index (χ1) is 14.7. The maximum atomic E-state index is 13.1. The minimum absolute atomic E-state index is 0.0633. The zero-order valence-corrected chi connectivity index (χ0v) is 16.9. The Balaban J connectivity index is 1.85. The molecule has 0 radical (unpaired) electrons. The Morgan fingerprint density at radius 2 is 2.00 bits per heavy atom. The van der Waals surface area contributed by atoms with Crippen LogP contribution in [0.5, 0.6) is 0 Å². The van der Waals surface area contributed by atoms with E-state index in [1.807, 2.05) is 4.90 Å². The molecule has 1 aliphatic heterocycles. The third-order valence-electron chi connectivity index (χ3n) is 4.88. The zero-order chi connectivity index (χ0) is 22.6. The lowest BCUT2D eigenvalue weighted by Crippen LogP contribution is -2.49. The normalized spacial score (nSPS) is 16.2. The molecule has 8 nitrogen and oxygen atoms in total. The number of aliphatic hydroxyl groups is 1. The van der Waals surface area contributed by atoms with Gasteiger partial charge in [0.25, 0.3) is 5.91 Å². The van der Waals surface area contributed by atoms with Crippen molar-refractivity contribution < 1.29 is 27.8 Å². The number of aryl methyl sites for hydroxylation is 1. The molecule has 31 heavy (non-hydrogen) atoms. The first-order valence-electron chi connectivity index (χ1n) is 9.69. The topological polar surface area (TPSA) is 96.7 Å². The predicted octanol–water partition coefficient (Wildman–Crippen LogP) is 0.983. The number of ether oxygens (including phenoxy) is 1. The second-order valence-electron chi connectivity index (χ2n) is 7.22. The van der Waals surface area contributed by atoms with E-state index in [1.54, 1.807) is 0 Å². The third-order valence-corrected chi connectivity index (χ3v) is 4.88. The van der Waals surface area contributed by atoms with Crippen molar-refractivity contribution in [3.05, 3.63) is 57.5 Å². The molecule has 168 valence electrons. The van der Waals surface area contributed by atoms with Gasteiger partial charge in [-0.25, -0.2) is 4.68 Å². The summed E-state index contributed by atoms with van der Waals surface area (Å²) < 4.78 is 45.5. The summed E-state index contributed by atoms with van der Waals surface area (Å²) in [5, 5.41) is 16.2. The van der Waals surface area contributed by atoms with Gasteiger partial charge in [0.1, 0.15) is 0 Å². The lowest BCUT2D eigenvalue weighted by atomic mass is 10.2. The summed E-state index contributed by atoms with van der Waals surface area (Å²) in [6.45, 7) is 3.91. The van der Waals surface area contributed by atoms with Gasteiger partial charge in [-0.15, -0.1) is 0 Å². The summed E-state index contributed by atoms with van der Waals surface area (Å²) in [4.78, 5) is 27.0. The van der Waals surface area contributed by atoms with Gasteiger partial charge < -0.3 is 15.2 Å². The van der Waals surface area contributed by atoms with Gasteiger partial charge in [-0.3, -0.25) is 14.5 Å². The van der Waals surface area contributed by atoms with Crippen molar-refractivity contribution in [3.63, 3.8) is 0 Å². The number of benzene rings is 1. The molecule has 0 aliphatic carbocycles. The van der Waals surface area contributed by atoms with E-state index in [0.29, 0.717) is 32.8 Å². The van der Waals surface area contributed by atoms with E-state index in [9.17, 15) is 27.9 Å². The second kappa shape index (κ2) is 9.58. The number of nitrogens with zero attached hydrogens (tertiary/aromatic N) is 3. The van der Waals surface area contributed by atoms with E-state index in [4.69, 9.17) is 4.74 Å². The number of halogens is 3. The molecule has 1 aromatic carbocycles. The van der Waals surface area contributed by atoms with Crippen LogP contribution in [0.2, 0.25) is 0 Å². The van der Waals surface area contributed by atoms with E-state index in [1.165, 1.54) is 19.1 Å². The number of nitrogens with one attached hydrogen (secondary N) is 1. The average molecular weight is 440 g/mol. The summed E-state index contributed by atoms with van der Waals surface area (Å²) in [7, 11) is 0. The molecule has 1 fully saturated rings. The molecule has 3 rings (SSSR count). The van der Waals surface area contributed by atoms with Gasteiger partial charge in [-0.05, 0) is 25.1 Å². The third kappa shape index (κ3) is 5.69. The summed E-state index contributed by atoms with van der Waals surface area (Å²) in [5.74, 6) is -0.807. The molecule has 11 heteroatoms. The highest BCUT2D eigenvalue weighted by Crippen LogP contribution is 2.30. The van der Waals surface area contributed by atoms with Crippen molar-refractivity contribution in [3.8, 4) is 5.69 Å².